The van der Waals surface area contributed by atoms with Crippen LogP contribution < -0.4 is 5.73 Å². The Kier molecular flexibility index (Phi) is 4.35. The number of fused-ring (bicyclic) bond motifs is 1. The fourth-order valence-corrected chi connectivity index (χ4v) is 2.52. The van der Waals surface area contributed by atoms with Crippen LogP contribution in [0.2, 0.25) is 0 Å². The molecule has 0 saturated carbocycles. The van der Waals surface area contributed by atoms with Crippen molar-refractivity contribution in [3.8, 4) is 0 Å². The first kappa shape index (κ1) is 13.8. The van der Waals surface area contributed by atoms with E-state index in [1.54, 1.807) is 6.33 Å². The average molecular weight is 257 g/mol. The van der Waals surface area contributed by atoms with Crippen LogP contribution in [0.3, 0.4) is 0 Å². The zero-order valence-electron chi connectivity index (χ0n) is 12.1. The molecule has 1 heterocycles. The zero-order valence-corrected chi connectivity index (χ0v) is 12.1. The van der Waals surface area contributed by atoms with Crippen molar-refractivity contribution >= 4 is 16.6 Å². The summed E-state index contributed by atoms with van der Waals surface area (Å²) in [4.78, 5) is 8.85. The van der Waals surface area contributed by atoms with Crippen molar-refractivity contribution in [2.45, 2.75) is 46.0 Å². The molecule has 0 spiro atoms. The summed E-state index contributed by atoms with van der Waals surface area (Å²) in [5, 5.41) is 1.11. The van der Waals surface area contributed by atoms with Gasteiger partial charge in [-0.3, -0.25) is 0 Å². The second-order valence-electron chi connectivity index (χ2n) is 5.58. The van der Waals surface area contributed by atoms with Crippen LogP contribution in [0.1, 0.15) is 51.6 Å². The average Bonchev–Trinajstić information content (AvgIpc) is 2.40. The second-order valence-corrected chi connectivity index (χ2v) is 5.58. The molecule has 0 amide bonds. The number of para-hydroxylation sites is 1. The number of rotatable bonds is 5. The maximum atomic E-state index is 6.00. The monoisotopic (exact) mass is 257 g/mol. The van der Waals surface area contributed by atoms with Gasteiger partial charge < -0.3 is 5.73 Å². The quantitative estimate of drug-likeness (QED) is 0.819. The molecule has 0 radical (unpaired) electrons. The molecule has 2 rings (SSSR count). The summed E-state index contributed by atoms with van der Waals surface area (Å²) in [6.45, 7) is 6.76. The highest BCUT2D eigenvalue weighted by molar-refractivity contribution is 5.90. The van der Waals surface area contributed by atoms with E-state index in [0.29, 0.717) is 5.92 Å². The van der Waals surface area contributed by atoms with Gasteiger partial charge in [0.05, 0.1) is 16.9 Å². The summed E-state index contributed by atoms with van der Waals surface area (Å²) in [6.07, 6.45) is 5.15. The molecule has 19 heavy (non-hydrogen) atoms. The third-order valence-electron chi connectivity index (χ3n) is 3.70. The third kappa shape index (κ3) is 3.03. The van der Waals surface area contributed by atoms with E-state index in [9.17, 15) is 0 Å². The van der Waals surface area contributed by atoms with Gasteiger partial charge in [-0.05, 0) is 24.8 Å². The highest BCUT2D eigenvalue weighted by Crippen LogP contribution is 2.31. The summed E-state index contributed by atoms with van der Waals surface area (Å²) in [6, 6.07) is 5.97. The minimum atomic E-state index is 0.495. The molecular weight excluding hydrogens is 234 g/mol. The third-order valence-corrected chi connectivity index (χ3v) is 3.70. The fraction of sp³-hybridized carbons (Fsp3) is 0.500. The Balaban J connectivity index is 2.40. The molecule has 0 aliphatic carbocycles. The van der Waals surface area contributed by atoms with Gasteiger partial charge in [0.1, 0.15) is 6.33 Å². The van der Waals surface area contributed by atoms with Crippen LogP contribution in [0.4, 0.5) is 5.69 Å². The molecule has 0 saturated heterocycles. The van der Waals surface area contributed by atoms with Gasteiger partial charge in [-0.2, -0.15) is 0 Å². The normalized spacial score (nSPS) is 13.1. The Morgan fingerprint density at radius 3 is 2.63 bits per heavy atom. The minimum Gasteiger partial charge on any atom is -0.397 e. The first-order valence-electron chi connectivity index (χ1n) is 7.12. The van der Waals surface area contributed by atoms with E-state index in [2.05, 4.69) is 36.8 Å². The van der Waals surface area contributed by atoms with E-state index in [1.165, 1.54) is 12.8 Å². The van der Waals surface area contributed by atoms with Crippen LogP contribution in [-0.2, 0) is 0 Å². The molecule has 0 fully saturated rings. The van der Waals surface area contributed by atoms with Gasteiger partial charge in [-0.15, -0.1) is 0 Å². The van der Waals surface area contributed by atoms with Crippen molar-refractivity contribution in [1.29, 1.82) is 0 Å². The van der Waals surface area contributed by atoms with E-state index in [-0.39, 0.29) is 0 Å². The lowest BCUT2D eigenvalue weighted by atomic mass is 9.91. The molecule has 3 heteroatoms. The number of aromatic nitrogens is 2. The van der Waals surface area contributed by atoms with Crippen LogP contribution in [-0.4, -0.2) is 9.97 Å². The van der Waals surface area contributed by atoms with E-state index in [1.807, 2.05) is 12.1 Å². The number of benzene rings is 1. The topological polar surface area (TPSA) is 51.8 Å². The molecule has 1 aromatic heterocycles. The van der Waals surface area contributed by atoms with E-state index < -0.39 is 0 Å². The maximum absolute atomic E-state index is 6.00. The van der Waals surface area contributed by atoms with Crippen LogP contribution >= 0.6 is 0 Å². The van der Waals surface area contributed by atoms with Crippen LogP contribution in [0.5, 0.6) is 0 Å². The summed E-state index contributed by atoms with van der Waals surface area (Å²) in [5.74, 6) is 1.22. The Labute approximate surface area is 115 Å². The van der Waals surface area contributed by atoms with Gasteiger partial charge >= 0.3 is 0 Å². The highest BCUT2D eigenvalue weighted by atomic mass is 14.9. The Bertz CT molecular complexity index is 549. The first-order valence-corrected chi connectivity index (χ1v) is 7.12. The summed E-state index contributed by atoms with van der Waals surface area (Å²) >= 11 is 0. The van der Waals surface area contributed by atoms with Crippen LogP contribution in [0.25, 0.3) is 10.9 Å². The fourth-order valence-electron chi connectivity index (χ4n) is 2.52. The molecule has 2 N–H and O–H groups in total. The van der Waals surface area contributed by atoms with Gasteiger partial charge in [0.2, 0.25) is 0 Å². The molecule has 2 aromatic rings. The highest BCUT2D eigenvalue weighted by Gasteiger charge is 2.15. The lowest BCUT2D eigenvalue weighted by molar-refractivity contribution is 0.487. The molecule has 1 unspecified atom stereocenters. The molecule has 1 atom stereocenters. The van der Waals surface area contributed by atoms with Crippen molar-refractivity contribution in [3.63, 3.8) is 0 Å². The van der Waals surface area contributed by atoms with Crippen LogP contribution in [0, 0.1) is 5.92 Å². The summed E-state index contributed by atoms with van der Waals surface area (Å²) in [5.41, 5.74) is 8.77. The standard InChI is InChI=1S/C16H23N3/c1-4-12(9-8-11(2)3)15-13-6-5-7-14(17)16(13)19-10-18-15/h5-7,10-12H,4,8-9,17H2,1-3H3. The van der Waals surface area contributed by atoms with Gasteiger partial charge in [0.25, 0.3) is 0 Å². The number of hydrogen-bond donors (Lipinski definition) is 1. The Morgan fingerprint density at radius 2 is 1.95 bits per heavy atom. The van der Waals surface area contributed by atoms with Gasteiger partial charge in [-0.25, -0.2) is 9.97 Å². The van der Waals surface area contributed by atoms with Crippen molar-refractivity contribution < 1.29 is 0 Å². The Morgan fingerprint density at radius 1 is 1.16 bits per heavy atom. The zero-order chi connectivity index (χ0) is 13.8. The second kappa shape index (κ2) is 6.00. The number of nitrogen functional groups attached to an aromatic ring is 1. The number of nitrogens with two attached hydrogens (primary N) is 1. The molecule has 0 bridgehead atoms. The SMILES string of the molecule is CCC(CCC(C)C)c1ncnc2c(N)cccc12. The first-order chi connectivity index (χ1) is 9.13. The van der Waals surface area contributed by atoms with Crippen molar-refractivity contribution in [3.05, 3.63) is 30.2 Å². The summed E-state index contributed by atoms with van der Waals surface area (Å²) in [7, 11) is 0. The molecular formula is C16H23N3. The van der Waals surface area contributed by atoms with Crippen molar-refractivity contribution in [2.24, 2.45) is 5.92 Å². The lowest BCUT2D eigenvalue weighted by Crippen LogP contribution is -2.05. The number of nitrogens with zero attached hydrogens (tertiary/aromatic N) is 2. The predicted molar refractivity (Wildman–Crippen MR) is 81.1 cm³/mol. The number of anilines is 1. The molecule has 102 valence electrons. The van der Waals surface area contributed by atoms with E-state index >= 15 is 0 Å². The molecule has 0 aliphatic heterocycles. The van der Waals surface area contributed by atoms with Crippen LogP contribution in [0.15, 0.2) is 24.5 Å². The van der Waals surface area contributed by atoms with E-state index in [0.717, 1.165) is 34.6 Å². The largest absolute Gasteiger partial charge is 0.397 e. The predicted octanol–water partition coefficient (Wildman–Crippen LogP) is 4.14. The van der Waals surface area contributed by atoms with Crippen molar-refractivity contribution in [1.82, 2.24) is 9.97 Å². The lowest BCUT2D eigenvalue weighted by Gasteiger charge is -2.17. The van der Waals surface area contributed by atoms with Crippen molar-refractivity contribution in [2.75, 3.05) is 5.73 Å². The number of hydrogen-bond acceptors (Lipinski definition) is 3. The van der Waals surface area contributed by atoms with E-state index in [4.69, 9.17) is 5.73 Å². The summed E-state index contributed by atoms with van der Waals surface area (Å²) < 4.78 is 0. The molecule has 3 nitrogen and oxygen atoms in total. The minimum absolute atomic E-state index is 0.495. The molecule has 1 aromatic carbocycles. The molecule has 0 aliphatic rings. The van der Waals surface area contributed by atoms with Gasteiger partial charge in [0, 0.05) is 11.3 Å². The smallest absolute Gasteiger partial charge is 0.116 e. The van der Waals surface area contributed by atoms with Gasteiger partial charge in [0.15, 0.2) is 0 Å². The Hall–Kier alpha value is -1.64. The maximum Gasteiger partial charge on any atom is 0.116 e. The van der Waals surface area contributed by atoms with Gasteiger partial charge in [-0.1, -0.05) is 39.3 Å².